The van der Waals surface area contributed by atoms with Gasteiger partial charge in [-0.2, -0.15) is 0 Å². The van der Waals surface area contributed by atoms with Gasteiger partial charge in [-0.25, -0.2) is 0 Å². The molecule has 1 radical (unpaired) electrons. The molecule has 1 rings (SSSR count). The molecule has 0 atom stereocenters. The van der Waals surface area contributed by atoms with Gasteiger partial charge in [0.15, 0.2) is 0 Å². The maximum atomic E-state index is 10.2. The van der Waals surface area contributed by atoms with Gasteiger partial charge in [-0.15, -0.1) is 11.6 Å². The Bertz CT molecular complexity index is 408. The SMILES string of the molecule is C[Si](C)c1c(CCCCl)ccc(O)c1C(C)(C)C. The number of halogens is 1. The quantitative estimate of drug-likeness (QED) is 0.658. The molecule has 101 valence electrons. The molecule has 0 aliphatic heterocycles. The lowest BCUT2D eigenvalue weighted by atomic mass is 9.84. The number of benzene rings is 1. The van der Waals surface area contributed by atoms with Gasteiger partial charge in [0.25, 0.3) is 0 Å². The van der Waals surface area contributed by atoms with Crippen LogP contribution >= 0.6 is 11.6 Å². The molecule has 0 saturated carbocycles. The van der Waals surface area contributed by atoms with E-state index in [0.29, 0.717) is 11.6 Å². The van der Waals surface area contributed by atoms with Crippen LogP contribution in [0.2, 0.25) is 13.1 Å². The number of aryl methyl sites for hydroxylation is 1. The third-order valence-corrected chi connectivity index (χ3v) is 4.94. The summed E-state index contributed by atoms with van der Waals surface area (Å²) in [6, 6.07) is 3.92. The van der Waals surface area contributed by atoms with Gasteiger partial charge < -0.3 is 5.11 Å². The van der Waals surface area contributed by atoms with Crippen LogP contribution in [0, 0.1) is 0 Å². The maximum absolute atomic E-state index is 10.2. The van der Waals surface area contributed by atoms with Gasteiger partial charge in [-0.3, -0.25) is 0 Å². The molecule has 0 bridgehead atoms. The molecule has 1 aromatic carbocycles. The topological polar surface area (TPSA) is 20.2 Å². The van der Waals surface area contributed by atoms with Crippen LogP contribution in [0.1, 0.15) is 38.3 Å². The summed E-state index contributed by atoms with van der Waals surface area (Å²) in [5, 5.41) is 11.6. The Kier molecular flexibility index (Phi) is 5.29. The minimum absolute atomic E-state index is 0.0155. The summed E-state index contributed by atoms with van der Waals surface area (Å²) in [7, 11) is -0.609. The van der Waals surface area contributed by atoms with Crippen LogP contribution in [-0.2, 0) is 11.8 Å². The van der Waals surface area contributed by atoms with E-state index >= 15 is 0 Å². The van der Waals surface area contributed by atoms with Crippen LogP contribution in [0.15, 0.2) is 12.1 Å². The maximum Gasteiger partial charge on any atom is 0.119 e. The number of hydrogen-bond acceptors (Lipinski definition) is 1. The molecule has 0 unspecified atom stereocenters. The van der Waals surface area contributed by atoms with Gasteiger partial charge in [0.1, 0.15) is 5.75 Å². The minimum atomic E-state index is -0.609. The summed E-state index contributed by atoms with van der Waals surface area (Å²) in [5.41, 5.74) is 2.49. The van der Waals surface area contributed by atoms with E-state index in [1.54, 1.807) is 0 Å². The minimum Gasteiger partial charge on any atom is -0.508 e. The number of aromatic hydroxyl groups is 1. The molecule has 1 N–H and O–H groups in total. The predicted molar refractivity (Wildman–Crippen MR) is 83.0 cm³/mol. The Morgan fingerprint density at radius 3 is 2.28 bits per heavy atom. The zero-order chi connectivity index (χ0) is 13.9. The number of phenolic OH excluding ortho intramolecular Hbond substituents is 1. The Labute approximate surface area is 118 Å². The van der Waals surface area contributed by atoms with Crippen LogP contribution in [0.25, 0.3) is 0 Å². The molecule has 3 heteroatoms. The molecule has 0 saturated heterocycles. The molecule has 0 fully saturated rings. The summed E-state index contributed by atoms with van der Waals surface area (Å²) in [6.45, 7) is 11.1. The van der Waals surface area contributed by atoms with Crippen molar-refractivity contribution < 1.29 is 5.11 Å². The Morgan fingerprint density at radius 1 is 1.22 bits per heavy atom. The molecule has 0 amide bonds. The number of alkyl halides is 1. The first-order valence-electron chi connectivity index (χ1n) is 6.51. The summed E-state index contributed by atoms with van der Waals surface area (Å²) in [6.07, 6.45) is 2.01. The van der Waals surface area contributed by atoms with Crippen LogP contribution in [0.5, 0.6) is 5.75 Å². The molecule has 1 nitrogen and oxygen atoms in total. The Balaban J connectivity index is 3.38. The third-order valence-electron chi connectivity index (χ3n) is 3.10. The standard InChI is InChI=1S/C15H24ClOSi/c1-15(2,3)13-12(17)9-8-11(7-6-10-16)14(13)18(4)5/h8-9,17H,6-7,10H2,1-5H3. The summed E-state index contributed by atoms with van der Waals surface area (Å²) in [4.78, 5) is 0. The molecule has 0 aliphatic rings. The van der Waals surface area contributed by atoms with E-state index in [0.717, 1.165) is 18.4 Å². The van der Waals surface area contributed by atoms with Gasteiger partial charge in [0, 0.05) is 5.88 Å². The monoisotopic (exact) mass is 283 g/mol. The van der Waals surface area contributed by atoms with E-state index in [4.69, 9.17) is 11.6 Å². The first-order valence-corrected chi connectivity index (χ1v) is 9.54. The smallest absolute Gasteiger partial charge is 0.119 e. The fourth-order valence-electron chi connectivity index (χ4n) is 2.43. The van der Waals surface area contributed by atoms with Crippen LogP contribution in [0.4, 0.5) is 0 Å². The zero-order valence-electron chi connectivity index (χ0n) is 12.1. The van der Waals surface area contributed by atoms with Crippen molar-refractivity contribution in [3.05, 3.63) is 23.3 Å². The molecule has 18 heavy (non-hydrogen) atoms. The highest BCUT2D eigenvalue weighted by atomic mass is 35.5. The lowest BCUT2D eigenvalue weighted by Crippen LogP contribution is -2.35. The lowest BCUT2D eigenvalue weighted by molar-refractivity contribution is 0.448. The van der Waals surface area contributed by atoms with Crippen molar-refractivity contribution in [2.45, 2.75) is 52.1 Å². The van der Waals surface area contributed by atoms with Gasteiger partial charge in [-0.1, -0.05) is 45.1 Å². The second-order valence-corrected chi connectivity index (χ2v) is 8.91. The van der Waals surface area contributed by atoms with Crippen molar-refractivity contribution in [1.29, 1.82) is 0 Å². The highest BCUT2D eigenvalue weighted by Gasteiger charge is 2.25. The first kappa shape index (κ1) is 15.6. The average Bonchev–Trinajstić information content (AvgIpc) is 2.25. The molecular weight excluding hydrogens is 260 g/mol. The van der Waals surface area contributed by atoms with Crippen molar-refractivity contribution >= 4 is 25.6 Å². The second kappa shape index (κ2) is 6.11. The third kappa shape index (κ3) is 3.52. The summed E-state index contributed by atoms with van der Waals surface area (Å²) < 4.78 is 0. The molecule has 0 spiro atoms. The molecule has 0 heterocycles. The van der Waals surface area contributed by atoms with E-state index in [-0.39, 0.29) is 5.41 Å². The van der Waals surface area contributed by atoms with Crippen LogP contribution < -0.4 is 5.19 Å². The number of phenols is 1. The number of rotatable bonds is 4. The Morgan fingerprint density at radius 2 is 1.83 bits per heavy atom. The number of hydrogen-bond donors (Lipinski definition) is 1. The Hall–Kier alpha value is -0.473. The largest absolute Gasteiger partial charge is 0.508 e. The van der Waals surface area contributed by atoms with E-state index in [9.17, 15) is 5.11 Å². The van der Waals surface area contributed by atoms with Crippen LogP contribution in [0.3, 0.4) is 0 Å². The molecular formula is C15H24ClOSi. The van der Waals surface area contributed by atoms with Crippen molar-refractivity contribution in [2.24, 2.45) is 0 Å². The van der Waals surface area contributed by atoms with Crippen molar-refractivity contribution in [3.63, 3.8) is 0 Å². The predicted octanol–water partition coefficient (Wildman–Crippen LogP) is 3.82. The van der Waals surface area contributed by atoms with Crippen molar-refractivity contribution in [3.8, 4) is 5.75 Å². The lowest BCUT2D eigenvalue weighted by Gasteiger charge is -2.28. The highest BCUT2D eigenvalue weighted by molar-refractivity contribution is 6.71. The van der Waals surface area contributed by atoms with Gasteiger partial charge in [0.2, 0.25) is 0 Å². The summed E-state index contributed by atoms with van der Waals surface area (Å²) in [5.74, 6) is 1.14. The van der Waals surface area contributed by atoms with Crippen molar-refractivity contribution in [2.75, 3.05) is 5.88 Å². The zero-order valence-corrected chi connectivity index (χ0v) is 13.9. The first-order chi connectivity index (χ1) is 8.29. The van der Waals surface area contributed by atoms with Gasteiger partial charge in [0.05, 0.1) is 8.80 Å². The van der Waals surface area contributed by atoms with Crippen molar-refractivity contribution in [1.82, 2.24) is 0 Å². The summed E-state index contributed by atoms with van der Waals surface area (Å²) >= 11 is 5.80. The molecule has 1 aromatic rings. The normalized spacial score (nSPS) is 12.2. The highest BCUT2D eigenvalue weighted by Crippen LogP contribution is 2.30. The van der Waals surface area contributed by atoms with Gasteiger partial charge in [-0.05, 0) is 35.4 Å². The van der Waals surface area contributed by atoms with E-state index in [1.165, 1.54) is 10.8 Å². The van der Waals surface area contributed by atoms with E-state index in [1.807, 2.05) is 6.07 Å². The van der Waals surface area contributed by atoms with Gasteiger partial charge >= 0.3 is 0 Å². The molecule has 0 aromatic heterocycles. The van der Waals surface area contributed by atoms with E-state index < -0.39 is 8.80 Å². The van der Waals surface area contributed by atoms with Crippen LogP contribution in [-0.4, -0.2) is 19.8 Å². The fourth-order valence-corrected chi connectivity index (χ4v) is 4.42. The fraction of sp³-hybridized carbons (Fsp3) is 0.600. The average molecular weight is 284 g/mol. The second-order valence-electron chi connectivity index (χ2n) is 6.04. The van der Waals surface area contributed by atoms with E-state index in [2.05, 4.69) is 39.9 Å². The molecule has 0 aliphatic carbocycles.